The van der Waals surface area contributed by atoms with Crippen molar-refractivity contribution in [3.63, 3.8) is 0 Å². The van der Waals surface area contributed by atoms with E-state index in [-0.39, 0.29) is 12.1 Å². The molecule has 0 aliphatic carbocycles. The molecule has 3 N–H and O–H groups in total. The molecule has 0 bridgehead atoms. The summed E-state index contributed by atoms with van der Waals surface area (Å²) < 4.78 is 0. The molecule has 17 heavy (non-hydrogen) atoms. The number of carbonyl (C=O) groups excluding carboxylic acids is 1. The maximum atomic E-state index is 12.1. The Kier molecular flexibility index (Phi) is 3.98. The third kappa shape index (κ3) is 2.88. The molecule has 0 saturated carbocycles. The van der Waals surface area contributed by atoms with Gasteiger partial charge >= 0.3 is 12.0 Å². The number of likely N-dealkylation sites (N-methyl/N-ethyl adjacent to an activating group) is 1. The smallest absolute Gasteiger partial charge is 0.329 e. The van der Waals surface area contributed by atoms with Crippen molar-refractivity contribution in [1.29, 1.82) is 0 Å². The molecule has 6 nitrogen and oxygen atoms in total. The number of rotatable bonds is 2. The molecule has 1 aliphatic heterocycles. The molecule has 2 amide bonds. The number of likely N-dealkylation sites (tertiary alicyclic amines) is 1. The van der Waals surface area contributed by atoms with Gasteiger partial charge in [0.15, 0.2) is 0 Å². The zero-order valence-corrected chi connectivity index (χ0v) is 10.6. The number of carboxylic acids is 1. The molecule has 1 aliphatic rings. The zero-order valence-electron chi connectivity index (χ0n) is 10.6. The van der Waals surface area contributed by atoms with Gasteiger partial charge in [-0.3, -0.25) is 0 Å². The van der Waals surface area contributed by atoms with Gasteiger partial charge < -0.3 is 20.6 Å². The number of carbonyl (C=O) groups is 2. The molecule has 6 heteroatoms. The number of amides is 2. The molecule has 0 aromatic rings. The van der Waals surface area contributed by atoms with Crippen LogP contribution >= 0.6 is 0 Å². The summed E-state index contributed by atoms with van der Waals surface area (Å²) in [7, 11) is 1.51. The van der Waals surface area contributed by atoms with E-state index in [4.69, 9.17) is 10.8 Å². The number of hydrogen-bond acceptors (Lipinski definition) is 3. The maximum Gasteiger partial charge on any atom is 0.329 e. The maximum absolute atomic E-state index is 12.1. The van der Waals surface area contributed by atoms with E-state index in [1.165, 1.54) is 25.8 Å². The first-order valence-corrected chi connectivity index (χ1v) is 5.78. The van der Waals surface area contributed by atoms with E-state index in [2.05, 4.69) is 0 Å². The first-order chi connectivity index (χ1) is 7.76. The second-order valence-corrected chi connectivity index (χ2v) is 5.05. The molecule has 0 radical (unpaired) electrons. The summed E-state index contributed by atoms with van der Waals surface area (Å²) in [4.78, 5) is 26.1. The summed E-state index contributed by atoms with van der Waals surface area (Å²) >= 11 is 0. The van der Waals surface area contributed by atoms with Gasteiger partial charge in [-0.15, -0.1) is 0 Å². The van der Waals surface area contributed by atoms with Crippen LogP contribution in [-0.2, 0) is 4.79 Å². The minimum atomic E-state index is -1.21. The summed E-state index contributed by atoms with van der Waals surface area (Å²) in [5, 5.41) is 9.07. The second kappa shape index (κ2) is 4.91. The van der Waals surface area contributed by atoms with E-state index in [9.17, 15) is 9.59 Å². The molecule has 1 saturated heterocycles. The fourth-order valence-electron chi connectivity index (χ4n) is 1.78. The predicted molar refractivity (Wildman–Crippen MR) is 63.7 cm³/mol. The van der Waals surface area contributed by atoms with Crippen LogP contribution in [0.25, 0.3) is 0 Å². The van der Waals surface area contributed by atoms with Crippen molar-refractivity contribution in [2.45, 2.75) is 38.3 Å². The Balaban J connectivity index is 2.72. The van der Waals surface area contributed by atoms with Crippen LogP contribution in [0.2, 0.25) is 0 Å². The second-order valence-electron chi connectivity index (χ2n) is 5.05. The molecular weight excluding hydrogens is 222 g/mol. The summed E-state index contributed by atoms with van der Waals surface area (Å²) in [5.41, 5.74) is 4.59. The van der Waals surface area contributed by atoms with Gasteiger partial charge in [-0.1, -0.05) is 0 Å². The Labute approximate surface area is 101 Å². The summed E-state index contributed by atoms with van der Waals surface area (Å²) in [6.45, 7) is 4.17. The van der Waals surface area contributed by atoms with Crippen molar-refractivity contribution in [1.82, 2.24) is 9.80 Å². The van der Waals surface area contributed by atoms with Crippen LogP contribution in [0.1, 0.15) is 26.7 Å². The van der Waals surface area contributed by atoms with E-state index in [1.54, 1.807) is 4.90 Å². The lowest BCUT2D eigenvalue weighted by molar-refractivity contribution is -0.147. The van der Waals surface area contributed by atoms with Gasteiger partial charge in [-0.25, -0.2) is 9.59 Å². The zero-order chi connectivity index (χ0) is 13.2. The van der Waals surface area contributed by atoms with Crippen molar-refractivity contribution in [3.8, 4) is 0 Å². The fourth-order valence-corrected chi connectivity index (χ4v) is 1.78. The summed E-state index contributed by atoms with van der Waals surface area (Å²) in [6.07, 6.45) is 1.78. The first-order valence-electron chi connectivity index (χ1n) is 5.78. The number of urea groups is 1. The highest BCUT2D eigenvalue weighted by Gasteiger charge is 2.37. The van der Waals surface area contributed by atoms with Crippen LogP contribution in [0.4, 0.5) is 4.79 Å². The Morgan fingerprint density at radius 2 is 2.06 bits per heavy atom. The highest BCUT2D eigenvalue weighted by molar-refractivity contribution is 5.85. The first kappa shape index (κ1) is 13.8. The monoisotopic (exact) mass is 243 g/mol. The molecule has 1 rings (SSSR count). The predicted octanol–water partition coefficient (Wildman–Crippen LogP) is 0.325. The van der Waals surface area contributed by atoms with Gasteiger partial charge in [0.25, 0.3) is 0 Å². The van der Waals surface area contributed by atoms with Crippen LogP contribution in [0, 0.1) is 0 Å². The normalized spacial score (nSPS) is 21.2. The van der Waals surface area contributed by atoms with Gasteiger partial charge in [0, 0.05) is 26.2 Å². The topological polar surface area (TPSA) is 86.9 Å². The fraction of sp³-hybridized carbons (Fsp3) is 0.818. The summed E-state index contributed by atoms with van der Waals surface area (Å²) in [5.74, 6) is -1.02. The highest BCUT2D eigenvalue weighted by atomic mass is 16.4. The molecule has 0 aromatic carbocycles. The third-order valence-electron chi connectivity index (χ3n) is 3.38. The Morgan fingerprint density at radius 3 is 2.53 bits per heavy atom. The number of piperidine rings is 1. The molecule has 1 heterocycles. The van der Waals surface area contributed by atoms with Crippen LogP contribution in [0.3, 0.4) is 0 Å². The average Bonchev–Trinajstić information content (AvgIpc) is 2.26. The lowest BCUT2D eigenvalue weighted by atomic mass is 10.0. The van der Waals surface area contributed by atoms with Crippen molar-refractivity contribution >= 4 is 12.0 Å². The van der Waals surface area contributed by atoms with Crippen LogP contribution in [0.15, 0.2) is 0 Å². The SMILES string of the molecule is CN(C(=O)N1CCCC(N)C1)C(C)(C)C(=O)O. The van der Waals surface area contributed by atoms with E-state index in [0.717, 1.165) is 12.8 Å². The quantitative estimate of drug-likeness (QED) is 0.731. The Bertz CT molecular complexity index is 317. The van der Waals surface area contributed by atoms with Crippen molar-refractivity contribution in [2.24, 2.45) is 5.73 Å². The largest absolute Gasteiger partial charge is 0.480 e. The standard InChI is InChI=1S/C11H21N3O3/c1-11(2,9(15)16)13(3)10(17)14-6-4-5-8(12)7-14/h8H,4-7,12H2,1-3H3,(H,15,16). The molecule has 0 spiro atoms. The number of carboxylic acid groups (broad SMARTS) is 1. The average molecular weight is 243 g/mol. The van der Waals surface area contributed by atoms with Gasteiger partial charge in [0.05, 0.1) is 0 Å². The van der Waals surface area contributed by atoms with Gasteiger partial charge in [-0.2, -0.15) is 0 Å². The lowest BCUT2D eigenvalue weighted by Crippen LogP contribution is -2.57. The van der Waals surface area contributed by atoms with Gasteiger partial charge in [0.1, 0.15) is 5.54 Å². The van der Waals surface area contributed by atoms with Gasteiger partial charge in [0.2, 0.25) is 0 Å². The molecule has 1 fully saturated rings. The van der Waals surface area contributed by atoms with Crippen molar-refractivity contribution in [2.75, 3.05) is 20.1 Å². The Morgan fingerprint density at radius 1 is 1.47 bits per heavy atom. The van der Waals surface area contributed by atoms with Crippen molar-refractivity contribution < 1.29 is 14.7 Å². The molecule has 1 atom stereocenters. The highest BCUT2D eigenvalue weighted by Crippen LogP contribution is 2.17. The molecule has 1 unspecified atom stereocenters. The van der Waals surface area contributed by atoms with Crippen LogP contribution in [-0.4, -0.2) is 58.6 Å². The van der Waals surface area contributed by atoms with Crippen LogP contribution < -0.4 is 5.73 Å². The van der Waals surface area contributed by atoms with E-state index in [1.807, 2.05) is 0 Å². The third-order valence-corrected chi connectivity index (χ3v) is 3.38. The molecule has 0 aromatic heterocycles. The number of nitrogens with zero attached hydrogens (tertiary/aromatic N) is 2. The van der Waals surface area contributed by atoms with Crippen LogP contribution in [0.5, 0.6) is 0 Å². The number of aliphatic carboxylic acids is 1. The lowest BCUT2D eigenvalue weighted by Gasteiger charge is -2.38. The number of hydrogen-bond donors (Lipinski definition) is 2. The molecule has 98 valence electrons. The minimum absolute atomic E-state index is 0.00552. The van der Waals surface area contributed by atoms with E-state index in [0.29, 0.717) is 13.1 Å². The van der Waals surface area contributed by atoms with E-state index >= 15 is 0 Å². The van der Waals surface area contributed by atoms with E-state index < -0.39 is 11.5 Å². The number of nitrogens with two attached hydrogens (primary N) is 1. The minimum Gasteiger partial charge on any atom is -0.480 e. The Hall–Kier alpha value is -1.30. The molecular formula is C11H21N3O3. The summed E-state index contributed by atoms with van der Waals surface area (Å²) in [6, 6.07) is -0.276. The van der Waals surface area contributed by atoms with Gasteiger partial charge in [-0.05, 0) is 26.7 Å². The van der Waals surface area contributed by atoms with Crippen molar-refractivity contribution in [3.05, 3.63) is 0 Å².